The van der Waals surface area contributed by atoms with Gasteiger partial charge < -0.3 is 19.3 Å². The van der Waals surface area contributed by atoms with Gasteiger partial charge in [0, 0.05) is 12.8 Å². The SMILES string of the molecule is CCCCC/C=C/C/C=C/C/C=C/C/C=C/CCCC(=O)O[C@H](COC(=O)CCCCCCCCCCC)COP(=O)(O)O. The van der Waals surface area contributed by atoms with Crippen LogP contribution in [0.5, 0.6) is 0 Å². The zero-order valence-electron chi connectivity index (χ0n) is 27.5. The molecule has 0 radical (unpaired) electrons. The van der Waals surface area contributed by atoms with E-state index in [4.69, 9.17) is 19.3 Å². The van der Waals surface area contributed by atoms with E-state index in [1.807, 2.05) is 12.2 Å². The fourth-order valence-corrected chi connectivity index (χ4v) is 4.66. The number of carbonyl (C=O) groups excluding carboxylic acids is 2. The number of phosphoric ester groups is 1. The van der Waals surface area contributed by atoms with E-state index < -0.39 is 32.5 Å². The summed E-state index contributed by atoms with van der Waals surface area (Å²) in [5.41, 5.74) is 0. The van der Waals surface area contributed by atoms with Crippen molar-refractivity contribution in [2.75, 3.05) is 13.2 Å². The Morgan fingerprint density at radius 2 is 1.05 bits per heavy atom. The lowest BCUT2D eigenvalue weighted by molar-refractivity contribution is -0.161. The average Bonchev–Trinajstić information content (AvgIpc) is 2.98. The Hall–Kier alpha value is -1.99. The van der Waals surface area contributed by atoms with Crippen LogP contribution < -0.4 is 0 Å². The summed E-state index contributed by atoms with van der Waals surface area (Å²) in [6.07, 6.45) is 35.6. The van der Waals surface area contributed by atoms with Crippen LogP contribution in [0.4, 0.5) is 0 Å². The van der Waals surface area contributed by atoms with Crippen LogP contribution >= 0.6 is 7.82 Å². The molecule has 0 aromatic rings. The molecule has 0 heterocycles. The van der Waals surface area contributed by atoms with Gasteiger partial charge in [0.25, 0.3) is 0 Å². The van der Waals surface area contributed by atoms with Crippen LogP contribution in [-0.4, -0.2) is 41.0 Å². The van der Waals surface area contributed by atoms with Gasteiger partial charge in [-0.3, -0.25) is 14.1 Å². The number of esters is 2. The van der Waals surface area contributed by atoms with E-state index in [1.54, 1.807) is 0 Å². The summed E-state index contributed by atoms with van der Waals surface area (Å²) in [6.45, 7) is 3.55. The maximum atomic E-state index is 12.3. The van der Waals surface area contributed by atoms with Crippen LogP contribution in [0.25, 0.3) is 0 Å². The largest absolute Gasteiger partial charge is 0.469 e. The quantitative estimate of drug-likeness (QED) is 0.0345. The molecule has 0 spiro atoms. The molecule has 0 rings (SSSR count). The smallest absolute Gasteiger partial charge is 0.462 e. The molecule has 0 aliphatic heterocycles. The number of phosphoric acid groups is 1. The minimum Gasteiger partial charge on any atom is -0.462 e. The topological polar surface area (TPSA) is 119 Å². The maximum Gasteiger partial charge on any atom is 0.469 e. The zero-order valence-corrected chi connectivity index (χ0v) is 28.4. The molecule has 254 valence electrons. The van der Waals surface area contributed by atoms with E-state index in [0.717, 1.165) is 32.1 Å². The van der Waals surface area contributed by atoms with E-state index in [-0.39, 0.29) is 19.4 Å². The predicted octanol–water partition coefficient (Wildman–Crippen LogP) is 9.62. The summed E-state index contributed by atoms with van der Waals surface area (Å²) in [5, 5.41) is 0. The number of hydrogen-bond donors (Lipinski definition) is 2. The van der Waals surface area contributed by atoms with E-state index in [1.165, 1.54) is 64.2 Å². The number of carbonyl (C=O) groups is 2. The highest BCUT2D eigenvalue weighted by Gasteiger charge is 2.22. The number of rotatable bonds is 30. The van der Waals surface area contributed by atoms with Crippen LogP contribution in [0.15, 0.2) is 48.6 Å². The second kappa shape index (κ2) is 31.0. The van der Waals surface area contributed by atoms with Crippen molar-refractivity contribution in [3.8, 4) is 0 Å². The molecular weight excluding hydrogens is 579 g/mol. The second-order valence-corrected chi connectivity index (χ2v) is 12.4. The highest BCUT2D eigenvalue weighted by Crippen LogP contribution is 2.35. The average molecular weight is 641 g/mol. The number of ether oxygens (including phenoxy) is 2. The van der Waals surface area contributed by atoms with Crippen LogP contribution in [-0.2, 0) is 28.2 Å². The predicted molar refractivity (Wildman–Crippen MR) is 179 cm³/mol. The lowest BCUT2D eigenvalue weighted by Gasteiger charge is -2.18. The van der Waals surface area contributed by atoms with E-state index in [9.17, 15) is 14.2 Å². The first-order chi connectivity index (χ1) is 21.3. The highest BCUT2D eigenvalue weighted by atomic mass is 31.2. The van der Waals surface area contributed by atoms with Crippen LogP contribution in [0, 0.1) is 0 Å². The lowest BCUT2D eigenvalue weighted by Crippen LogP contribution is -2.29. The Balaban J connectivity index is 4.13. The molecule has 0 aromatic carbocycles. The molecule has 0 aliphatic carbocycles. The van der Waals surface area contributed by atoms with E-state index in [2.05, 4.69) is 54.8 Å². The van der Waals surface area contributed by atoms with Crippen molar-refractivity contribution in [3.63, 3.8) is 0 Å². The molecular formula is C35H61O8P. The Morgan fingerprint density at radius 3 is 1.59 bits per heavy atom. The van der Waals surface area contributed by atoms with Gasteiger partial charge in [-0.1, -0.05) is 127 Å². The molecule has 9 heteroatoms. The van der Waals surface area contributed by atoms with Crippen molar-refractivity contribution in [1.29, 1.82) is 0 Å². The summed E-state index contributed by atoms with van der Waals surface area (Å²) in [6, 6.07) is 0. The zero-order chi connectivity index (χ0) is 32.6. The molecule has 8 nitrogen and oxygen atoms in total. The fraction of sp³-hybridized carbons (Fsp3) is 0.714. The van der Waals surface area contributed by atoms with Gasteiger partial charge in [0.2, 0.25) is 0 Å². The molecule has 0 fully saturated rings. The molecule has 44 heavy (non-hydrogen) atoms. The van der Waals surface area contributed by atoms with Crippen LogP contribution in [0.1, 0.15) is 142 Å². The molecule has 0 bridgehead atoms. The first-order valence-corrected chi connectivity index (χ1v) is 18.5. The van der Waals surface area contributed by atoms with Gasteiger partial charge in [0.1, 0.15) is 6.61 Å². The van der Waals surface area contributed by atoms with Gasteiger partial charge in [0.05, 0.1) is 6.61 Å². The van der Waals surface area contributed by atoms with Crippen molar-refractivity contribution in [2.45, 2.75) is 148 Å². The standard InChI is InChI=1S/C35H61O8P/c1-3-5-7-9-11-13-14-15-16-17-18-19-20-22-24-26-28-30-35(37)43-33(32-42-44(38,39)40)31-41-34(36)29-27-25-23-21-12-10-8-6-4-2/h11,13,15-16,18-19,22,24,33H,3-10,12,14,17,20-21,23,25-32H2,1-2H3,(H2,38,39,40)/b13-11+,16-15+,19-18+,24-22+/t33-/m1/s1. The summed E-state index contributed by atoms with van der Waals surface area (Å²) >= 11 is 0. The Kier molecular flexibility index (Phi) is 29.6. The molecule has 0 saturated heterocycles. The number of allylic oxidation sites excluding steroid dienone is 8. The highest BCUT2D eigenvalue weighted by molar-refractivity contribution is 7.46. The molecule has 0 aliphatic rings. The summed E-state index contributed by atoms with van der Waals surface area (Å²) in [5.74, 6) is -0.958. The third kappa shape index (κ3) is 32.9. The van der Waals surface area contributed by atoms with Gasteiger partial charge in [-0.2, -0.15) is 0 Å². The number of hydrogen-bond acceptors (Lipinski definition) is 6. The van der Waals surface area contributed by atoms with Crippen molar-refractivity contribution in [3.05, 3.63) is 48.6 Å². The third-order valence-electron chi connectivity index (χ3n) is 6.85. The molecule has 0 aromatic heterocycles. The first kappa shape index (κ1) is 42.0. The number of unbranched alkanes of at least 4 members (excludes halogenated alkanes) is 12. The monoisotopic (exact) mass is 640 g/mol. The van der Waals surface area contributed by atoms with Crippen molar-refractivity contribution in [1.82, 2.24) is 0 Å². The molecule has 0 saturated carbocycles. The minimum absolute atomic E-state index is 0.136. The van der Waals surface area contributed by atoms with Gasteiger partial charge in [0.15, 0.2) is 6.10 Å². The van der Waals surface area contributed by atoms with Crippen molar-refractivity contribution < 1.29 is 37.9 Å². The van der Waals surface area contributed by atoms with E-state index >= 15 is 0 Å². The first-order valence-electron chi connectivity index (χ1n) is 16.9. The van der Waals surface area contributed by atoms with Gasteiger partial charge in [-0.15, -0.1) is 0 Å². The molecule has 0 unspecified atom stereocenters. The van der Waals surface area contributed by atoms with E-state index in [0.29, 0.717) is 19.3 Å². The summed E-state index contributed by atoms with van der Waals surface area (Å²) in [7, 11) is -4.76. The lowest BCUT2D eigenvalue weighted by atomic mass is 10.1. The van der Waals surface area contributed by atoms with Crippen LogP contribution in [0.3, 0.4) is 0 Å². The van der Waals surface area contributed by atoms with Gasteiger partial charge in [-0.25, -0.2) is 4.57 Å². The van der Waals surface area contributed by atoms with Gasteiger partial charge >= 0.3 is 19.8 Å². The normalized spacial score (nSPS) is 13.1. The Labute approximate surface area is 267 Å². The Morgan fingerprint density at radius 1 is 0.591 bits per heavy atom. The van der Waals surface area contributed by atoms with Crippen LogP contribution in [0.2, 0.25) is 0 Å². The maximum absolute atomic E-state index is 12.3. The fourth-order valence-electron chi connectivity index (χ4n) is 4.30. The van der Waals surface area contributed by atoms with Crippen molar-refractivity contribution in [2.24, 2.45) is 0 Å². The van der Waals surface area contributed by atoms with Crippen molar-refractivity contribution >= 4 is 19.8 Å². The summed E-state index contributed by atoms with van der Waals surface area (Å²) < 4.78 is 26.1. The molecule has 1 atom stereocenters. The molecule has 0 amide bonds. The molecule has 2 N–H and O–H groups in total. The van der Waals surface area contributed by atoms with Gasteiger partial charge in [-0.05, 0) is 51.4 Å². The minimum atomic E-state index is -4.76. The third-order valence-corrected chi connectivity index (χ3v) is 7.34. The summed E-state index contributed by atoms with van der Waals surface area (Å²) in [4.78, 5) is 42.4. The Bertz CT molecular complexity index is 859. The second-order valence-electron chi connectivity index (χ2n) is 11.1.